The summed E-state index contributed by atoms with van der Waals surface area (Å²) >= 11 is 0. The van der Waals surface area contributed by atoms with E-state index in [1.807, 2.05) is 6.92 Å². The number of carbonyl (C=O) groups is 3. The summed E-state index contributed by atoms with van der Waals surface area (Å²) in [6.07, 6.45) is 0.799. The van der Waals surface area contributed by atoms with Crippen molar-refractivity contribution < 1.29 is 23.9 Å². The van der Waals surface area contributed by atoms with Gasteiger partial charge in [0, 0.05) is 6.54 Å². The predicted octanol–water partition coefficient (Wildman–Crippen LogP) is 1.10. The maximum Gasteiger partial charge on any atom is 0.338 e. The fourth-order valence-electron chi connectivity index (χ4n) is 2.99. The number of hydrogen-bond donors (Lipinski definition) is 2. The van der Waals surface area contributed by atoms with Crippen molar-refractivity contribution in [3.8, 4) is 5.75 Å². The molecule has 0 radical (unpaired) electrons. The number of nitrogens with one attached hydrogen (secondary N) is 2. The Morgan fingerprint density at radius 1 is 1.35 bits per heavy atom. The van der Waals surface area contributed by atoms with Crippen molar-refractivity contribution in [3.63, 3.8) is 0 Å². The molecule has 26 heavy (non-hydrogen) atoms. The lowest BCUT2D eigenvalue weighted by atomic mass is 9.95. The average Bonchev–Trinajstić information content (AvgIpc) is 3.04. The zero-order chi connectivity index (χ0) is 18.7. The molecule has 2 heterocycles. The van der Waals surface area contributed by atoms with Crippen LogP contribution in [-0.4, -0.2) is 49.6 Å². The molecule has 0 saturated carbocycles. The van der Waals surface area contributed by atoms with Gasteiger partial charge in [-0.05, 0) is 24.1 Å². The van der Waals surface area contributed by atoms with Crippen molar-refractivity contribution in [3.05, 3.63) is 41.1 Å². The van der Waals surface area contributed by atoms with E-state index < -0.39 is 18.0 Å². The first kappa shape index (κ1) is 17.8. The van der Waals surface area contributed by atoms with Gasteiger partial charge in [0.1, 0.15) is 18.9 Å². The topological polar surface area (TPSA) is 97.0 Å². The van der Waals surface area contributed by atoms with Crippen LogP contribution in [0.2, 0.25) is 0 Å². The smallest absolute Gasteiger partial charge is 0.338 e. The van der Waals surface area contributed by atoms with Crippen LogP contribution in [0.4, 0.5) is 4.79 Å². The molecule has 3 rings (SSSR count). The van der Waals surface area contributed by atoms with E-state index in [2.05, 4.69) is 10.6 Å². The number of rotatable bonds is 6. The second kappa shape index (κ2) is 7.47. The highest BCUT2D eigenvalue weighted by Gasteiger charge is 2.42. The van der Waals surface area contributed by atoms with Crippen LogP contribution in [0.15, 0.2) is 35.5 Å². The van der Waals surface area contributed by atoms with Crippen LogP contribution in [0, 0.1) is 0 Å². The minimum atomic E-state index is -0.617. The molecule has 1 unspecified atom stereocenters. The Kier molecular flexibility index (Phi) is 5.11. The first-order chi connectivity index (χ1) is 12.5. The van der Waals surface area contributed by atoms with Crippen molar-refractivity contribution in [2.24, 2.45) is 0 Å². The van der Waals surface area contributed by atoms with Gasteiger partial charge < -0.3 is 20.1 Å². The second-order valence-corrected chi connectivity index (χ2v) is 6.03. The van der Waals surface area contributed by atoms with E-state index in [9.17, 15) is 14.4 Å². The summed E-state index contributed by atoms with van der Waals surface area (Å²) in [6.45, 7) is 2.30. The molecule has 8 nitrogen and oxygen atoms in total. The maximum atomic E-state index is 12.6. The molecular formula is C18H21N3O5. The van der Waals surface area contributed by atoms with Crippen LogP contribution in [0.3, 0.4) is 0 Å². The molecule has 138 valence electrons. The van der Waals surface area contributed by atoms with Crippen LogP contribution in [0.5, 0.6) is 5.75 Å². The molecule has 1 aromatic carbocycles. The molecule has 0 saturated heterocycles. The van der Waals surface area contributed by atoms with Gasteiger partial charge in [-0.15, -0.1) is 0 Å². The first-order valence-electron chi connectivity index (χ1n) is 8.44. The van der Waals surface area contributed by atoms with Crippen LogP contribution in [0.1, 0.15) is 24.9 Å². The molecule has 0 aliphatic carbocycles. The average molecular weight is 359 g/mol. The summed E-state index contributed by atoms with van der Waals surface area (Å²) in [5.41, 5.74) is 1.53. The monoisotopic (exact) mass is 359 g/mol. The third-order valence-corrected chi connectivity index (χ3v) is 4.32. The van der Waals surface area contributed by atoms with Gasteiger partial charge in [-0.3, -0.25) is 9.69 Å². The highest BCUT2D eigenvalue weighted by molar-refractivity contribution is 5.98. The number of hydrogen-bond acceptors (Lipinski definition) is 5. The van der Waals surface area contributed by atoms with Gasteiger partial charge >= 0.3 is 12.0 Å². The molecule has 0 fully saturated rings. The van der Waals surface area contributed by atoms with E-state index in [4.69, 9.17) is 9.47 Å². The minimum Gasteiger partial charge on any atom is -0.497 e. The van der Waals surface area contributed by atoms with Crippen molar-refractivity contribution in [1.29, 1.82) is 0 Å². The largest absolute Gasteiger partial charge is 0.497 e. The number of esters is 1. The van der Waals surface area contributed by atoms with Gasteiger partial charge in [0.15, 0.2) is 0 Å². The van der Waals surface area contributed by atoms with Crippen molar-refractivity contribution in [2.45, 2.75) is 19.4 Å². The number of carbonyl (C=O) groups excluding carboxylic acids is 3. The molecule has 8 heteroatoms. The van der Waals surface area contributed by atoms with E-state index in [0.717, 1.165) is 12.0 Å². The predicted molar refractivity (Wildman–Crippen MR) is 92.3 cm³/mol. The quantitative estimate of drug-likeness (QED) is 0.742. The van der Waals surface area contributed by atoms with E-state index in [1.165, 1.54) is 4.90 Å². The van der Waals surface area contributed by atoms with Gasteiger partial charge in [0.05, 0.1) is 24.4 Å². The number of ether oxygens (including phenoxy) is 2. The van der Waals surface area contributed by atoms with E-state index >= 15 is 0 Å². The summed E-state index contributed by atoms with van der Waals surface area (Å²) in [5.74, 6) is -0.0933. The summed E-state index contributed by atoms with van der Waals surface area (Å²) in [7, 11) is 1.56. The van der Waals surface area contributed by atoms with Crippen molar-refractivity contribution >= 4 is 17.9 Å². The SMILES string of the molecule is CCCNC(=O)CN1C(=O)NC(c2ccc(OC)cc2)C2=C1COC2=O. The molecule has 1 atom stereocenters. The minimum absolute atomic E-state index is 0.0186. The number of nitrogens with zero attached hydrogens (tertiary/aromatic N) is 1. The third kappa shape index (κ3) is 3.35. The van der Waals surface area contributed by atoms with E-state index in [-0.39, 0.29) is 19.1 Å². The van der Waals surface area contributed by atoms with Crippen LogP contribution in [-0.2, 0) is 14.3 Å². The fraction of sp³-hybridized carbons (Fsp3) is 0.389. The van der Waals surface area contributed by atoms with Gasteiger partial charge in [-0.1, -0.05) is 19.1 Å². The third-order valence-electron chi connectivity index (χ3n) is 4.32. The number of amides is 3. The summed E-state index contributed by atoms with van der Waals surface area (Å²) in [5, 5.41) is 5.52. The van der Waals surface area contributed by atoms with Crippen molar-refractivity contribution in [1.82, 2.24) is 15.5 Å². The molecule has 0 aromatic heterocycles. The zero-order valence-corrected chi connectivity index (χ0v) is 14.7. The van der Waals surface area contributed by atoms with Crippen LogP contribution in [0.25, 0.3) is 0 Å². The highest BCUT2D eigenvalue weighted by atomic mass is 16.5. The first-order valence-corrected chi connectivity index (χ1v) is 8.44. The van der Waals surface area contributed by atoms with Gasteiger partial charge in [0.2, 0.25) is 5.91 Å². The molecule has 0 spiro atoms. The van der Waals surface area contributed by atoms with E-state index in [0.29, 0.717) is 23.6 Å². The lowest BCUT2D eigenvalue weighted by Crippen LogP contribution is -2.50. The Bertz CT molecular complexity index is 757. The standard InChI is InChI=1S/C18H21N3O5/c1-3-8-19-14(22)9-21-13-10-26-17(23)15(13)16(20-18(21)24)11-4-6-12(25-2)7-5-11/h4-7,16H,3,8-10H2,1-2H3,(H,19,22)(H,20,24). The van der Waals surface area contributed by atoms with E-state index in [1.54, 1.807) is 31.4 Å². The molecule has 1 aromatic rings. The van der Waals surface area contributed by atoms with Gasteiger partial charge in [-0.2, -0.15) is 0 Å². The van der Waals surface area contributed by atoms with Gasteiger partial charge in [-0.25, -0.2) is 9.59 Å². The lowest BCUT2D eigenvalue weighted by Gasteiger charge is -2.32. The normalized spacial score (nSPS) is 19.0. The summed E-state index contributed by atoms with van der Waals surface area (Å²) in [6, 6.07) is 6.02. The number of methoxy groups -OCH3 is 1. The number of urea groups is 1. The van der Waals surface area contributed by atoms with Crippen LogP contribution < -0.4 is 15.4 Å². The summed E-state index contributed by atoms with van der Waals surface area (Å²) in [4.78, 5) is 38.1. The molecule has 3 amide bonds. The highest BCUT2D eigenvalue weighted by Crippen LogP contribution is 2.35. The number of cyclic esters (lactones) is 1. The number of benzene rings is 1. The zero-order valence-electron chi connectivity index (χ0n) is 14.7. The summed E-state index contributed by atoms with van der Waals surface area (Å²) < 4.78 is 10.3. The second-order valence-electron chi connectivity index (χ2n) is 6.03. The molecular weight excluding hydrogens is 338 g/mol. The Morgan fingerprint density at radius 3 is 2.73 bits per heavy atom. The van der Waals surface area contributed by atoms with Crippen molar-refractivity contribution in [2.75, 3.05) is 26.8 Å². The Balaban J connectivity index is 1.89. The Labute approximate surface area is 151 Å². The van der Waals surface area contributed by atoms with Crippen LogP contribution >= 0.6 is 0 Å². The maximum absolute atomic E-state index is 12.6. The molecule has 2 aliphatic heterocycles. The Hall–Kier alpha value is -3.03. The van der Waals surface area contributed by atoms with Gasteiger partial charge in [0.25, 0.3) is 0 Å². The fourth-order valence-corrected chi connectivity index (χ4v) is 2.99. The Morgan fingerprint density at radius 2 is 2.08 bits per heavy atom. The lowest BCUT2D eigenvalue weighted by molar-refractivity contribution is -0.136. The molecule has 2 aliphatic rings. The molecule has 0 bridgehead atoms. The molecule has 2 N–H and O–H groups in total.